The van der Waals surface area contributed by atoms with Crippen LogP contribution in [0.15, 0.2) is 35.5 Å². The summed E-state index contributed by atoms with van der Waals surface area (Å²) in [5.41, 5.74) is 2.06. The Hall–Kier alpha value is -2.34. The smallest absolute Gasteiger partial charge is 0.224 e. The summed E-state index contributed by atoms with van der Waals surface area (Å²) in [5.74, 6) is 1.51. The van der Waals surface area contributed by atoms with Gasteiger partial charge in [0.25, 0.3) is 0 Å². The van der Waals surface area contributed by atoms with Crippen LogP contribution in [0.2, 0.25) is 5.28 Å². The molecule has 0 saturated carbocycles. The summed E-state index contributed by atoms with van der Waals surface area (Å²) >= 11 is 5.99. The van der Waals surface area contributed by atoms with Gasteiger partial charge in [-0.1, -0.05) is 31.1 Å². The Labute approximate surface area is 153 Å². The van der Waals surface area contributed by atoms with Gasteiger partial charge in [-0.15, -0.1) is 0 Å². The molecule has 25 heavy (non-hydrogen) atoms. The Bertz CT molecular complexity index is 692. The zero-order valence-electron chi connectivity index (χ0n) is 14.7. The maximum Gasteiger partial charge on any atom is 0.224 e. The lowest BCUT2D eigenvalue weighted by Crippen LogP contribution is -2.11. The topological polar surface area (TPSA) is 68.6 Å². The molecule has 2 rings (SSSR count). The molecule has 2 aromatic rings. The molecule has 1 N–H and O–H groups in total. The average Bonchev–Trinajstić information content (AvgIpc) is 2.63. The Morgan fingerprint density at radius 1 is 1.24 bits per heavy atom. The number of ether oxygens (including phenoxy) is 1. The van der Waals surface area contributed by atoms with E-state index >= 15 is 0 Å². The van der Waals surface area contributed by atoms with Crippen LogP contribution in [0.3, 0.4) is 0 Å². The molecule has 0 bridgehead atoms. The summed E-state index contributed by atoms with van der Waals surface area (Å²) in [7, 11) is 1.50. The zero-order chi connectivity index (χ0) is 18.1. The number of halogens is 1. The number of benzene rings is 1. The molecule has 0 fully saturated rings. The third kappa shape index (κ3) is 5.90. The summed E-state index contributed by atoms with van der Waals surface area (Å²) < 4.78 is 5.55. The molecule has 1 aromatic heterocycles. The molecule has 1 aromatic carbocycles. The van der Waals surface area contributed by atoms with E-state index in [1.807, 2.05) is 37.3 Å². The van der Waals surface area contributed by atoms with Crippen LogP contribution in [-0.2, 0) is 11.3 Å². The number of aryl methyl sites for hydroxylation is 1. The van der Waals surface area contributed by atoms with Crippen molar-refractivity contribution < 1.29 is 9.57 Å². The van der Waals surface area contributed by atoms with E-state index in [2.05, 4.69) is 32.2 Å². The van der Waals surface area contributed by atoms with Gasteiger partial charge in [0.1, 0.15) is 25.3 Å². The van der Waals surface area contributed by atoms with Gasteiger partial charge in [0.2, 0.25) is 5.28 Å². The van der Waals surface area contributed by atoms with Crippen molar-refractivity contribution in [2.45, 2.75) is 32.7 Å². The summed E-state index contributed by atoms with van der Waals surface area (Å²) in [6.07, 6.45) is 3.28. The molecular weight excluding hydrogens is 340 g/mol. The van der Waals surface area contributed by atoms with Crippen molar-refractivity contribution >= 4 is 23.6 Å². The maximum atomic E-state index is 5.99. The van der Waals surface area contributed by atoms with Crippen molar-refractivity contribution in [2.24, 2.45) is 5.16 Å². The predicted molar refractivity (Wildman–Crippen MR) is 101 cm³/mol. The van der Waals surface area contributed by atoms with Crippen LogP contribution in [0.1, 0.15) is 37.6 Å². The van der Waals surface area contributed by atoms with Crippen LogP contribution < -0.4 is 10.1 Å². The van der Waals surface area contributed by atoms with Crippen LogP contribution >= 0.6 is 11.6 Å². The van der Waals surface area contributed by atoms with Crippen LogP contribution in [0.4, 0.5) is 5.82 Å². The third-order valence-corrected chi connectivity index (χ3v) is 3.80. The van der Waals surface area contributed by atoms with E-state index in [0.717, 1.165) is 35.7 Å². The van der Waals surface area contributed by atoms with E-state index < -0.39 is 0 Å². The number of anilines is 1. The first-order valence-electron chi connectivity index (χ1n) is 8.24. The fourth-order valence-electron chi connectivity index (χ4n) is 2.35. The van der Waals surface area contributed by atoms with Gasteiger partial charge >= 0.3 is 0 Å². The Morgan fingerprint density at radius 2 is 2.00 bits per heavy atom. The lowest BCUT2D eigenvalue weighted by Gasteiger charge is -2.19. The number of oxime groups is 1. The standard InChI is InChI=1S/C18H23ClN4O2/c1-4-14-12-17(23-18(19)21-14)22-16(5-2)13-6-8-15(9-7-13)25-11-10-20-24-3/h6-10,12,16H,4-5,11H2,1-3H3,(H,21,22,23). The predicted octanol–water partition coefficient (Wildman–Crippen LogP) is 4.27. The first-order chi connectivity index (χ1) is 12.2. The van der Waals surface area contributed by atoms with Gasteiger partial charge in [0, 0.05) is 11.8 Å². The van der Waals surface area contributed by atoms with Crippen molar-refractivity contribution in [1.82, 2.24) is 9.97 Å². The summed E-state index contributed by atoms with van der Waals surface area (Å²) in [6.45, 7) is 4.52. The molecule has 0 saturated heterocycles. The van der Waals surface area contributed by atoms with Gasteiger partial charge in [-0.05, 0) is 42.1 Å². The molecule has 134 valence electrons. The second-order valence-corrected chi connectivity index (χ2v) is 5.66. The lowest BCUT2D eigenvalue weighted by molar-refractivity contribution is 0.212. The van der Waals surface area contributed by atoms with Gasteiger partial charge in [-0.2, -0.15) is 0 Å². The Balaban J connectivity index is 2.05. The molecule has 1 heterocycles. The third-order valence-electron chi connectivity index (χ3n) is 3.63. The molecule has 1 atom stereocenters. The van der Waals surface area contributed by atoms with Gasteiger partial charge in [-0.3, -0.25) is 0 Å². The Morgan fingerprint density at radius 3 is 2.64 bits per heavy atom. The maximum absolute atomic E-state index is 5.99. The number of nitrogens with one attached hydrogen (secondary N) is 1. The largest absolute Gasteiger partial charge is 0.488 e. The summed E-state index contributed by atoms with van der Waals surface area (Å²) in [5, 5.41) is 7.32. The minimum Gasteiger partial charge on any atom is -0.488 e. The average molecular weight is 363 g/mol. The second-order valence-electron chi connectivity index (χ2n) is 5.32. The molecule has 6 nitrogen and oxygen atoms in total. The van der Waals surface area contributed by atoms with Crippen molar-refractivity contribution in [3.05, 3.63) is 46.9 Å². The highest BCUT2D eigenvalue weighted by Gasteiger charge is 2.11. The molecule has 0 amide bonds. The number of nitrogens with zero attached hydrogens (tertiary/aromatic N) is 3. The van der Waals surface area contributed by atoms with Crippen molar-refractivity contribution in [3.63, 3.8) is 0 Å². The molecule has 7 heteroatoms. The van der Waals surface area contributed by atoms with Crippen molar-refractivity contribution in [3.8, 4) is 5.75 Å². The zero-order valence-corrected chi connectivity index (χ0v) is 15.5. The second kappa shape index (κ2) is 9.84. The number of aromatic nitrogens is 2. The van der Waals surface area contributed by atoms with E-state index in [1.54, 1.807) is 6.21 Å². The molecular formula is C18H23ClN4O2. The molecule has 1 unspecified atom stereocenters. The van der Waals surface area contributed by atoms with Gasteiger partial charge in [-0.25, -0.2) is 9.97 Å². The number of rotatable bonds is 9. The number of hydrogen-bond donors (Lipinski definition) is 1. The van der Waals surface area contributed by atoms with Crippen LogP contribution in [0, 0.1) is 0 Å². The lowest BCUT2D eigenvalue weighted by atomic mass is 10.0. The highest BCUT2D eigenvalue weighted by Crippen LogP contribution is 2.24. The van der Waals surface area contributed by atoms with Crippen molar-refractivity contribution in [2.75, 3.05) is 19.0 Å². The highest BCUT2D eigenvalue weighted by molar-refractivity contribution is 6.28. The van der Waals surface area contributed by atoms with Gasteiger partial charge in [0.15, 0.2) is 0 Å². The first kappa shape index (κ1) is 19.0. The molecule has 0 aliphatic heterocycles. The van der Waals surface area contributed by atoms with Gasteiger partial charge in [0.05, 0.1) is 12.3 Å². The van der Waals surface area contributed by atoms with Crippen LogP contribution in [0.5, 0.6) is 5.75 Å². The Kier molecular flexibility index (Phi) is 7.47. The molecule has 0 radical (unpaired) electrons. The molecule has 0 aliphatic carbocycles. The first-order valence-corrected chi connectivity index (χ1v) is 8.61. The van der Waals surface area contributed by atoms with Crippen LogP contribution in [-0.4, -0.2) is 29.9 Å². The fourth-order valence-corrected chi connectivity index (χ4v) is 2.55. The van der Waals surface area contributed by atoms with Crippen molar-refractivity contribution in [1.29, 1.82) is 0 Å². The van der Waals surface area contributed by atoms with E-state index in [-0.39, 0.29) is 11.3 Å². The monoisotopic (exact) mass is 362 g/mol. The number of hydrogen-bond acceptors (Lipinski definition) is 6. The van der Waals surface area contributed by atoms with E-state index in [0.29, 0.717) is 6.61 Å². The molecule has 0 spiro atoms. The molecule has 0 aliphatic rings. The summed E-state index contributed by atoms with van der Waals surface area (Å²) in [4.78, 5) is 13.0. The summed E-state index contributed by atoms with van der Waals surface area (Å²) in [6, 6.07) is 10.00. The minimum atomic E-state index is 0.125. The minimum absolute atomic E-state index is 0.125. The van der Waals surface area contributed by atoms with E-state index in [4.69, 9.17) is 16.3 Å². The highest BCUT2D eigenvalue weighted by atomic mass is 35.5. The van der Waals surface area contributed by atoms with E-state index in [1.165, 1.54) is 7.11 Å². The SMILES string of the molecule is CCc1cc(NC(CC)c2ccc(OCC=NOC)cc2)nc(Cl)n1. The van der Waals surface area contributed by atoms with Crippen LogP contribution in [0.25, 0.3) is 0 Å². The van der Waals surface area contributed by atoms with E-state index in [9.17, 15) is 0 Å². The normalized spacial score (nSPS) is 12.2. The quantitative estimate of drug-likeness (QED) is 0.410. The van der Waals surface area contributed by atoms with Gasteiger partial charge < -0.3 is 14.9 Å². The fraction of sp³-hybridized carbons (Fsp3) is 0.389.